The molecule has 7 nitrogen and oxygen atoms in total. The Balaban J connectivity index is 1.16. The molecule has 3 aliphatic rings. The third-order valence-electron chi connectivity index (χ3n) is 10.1. The average Bonchev–Trinajstić information content (AvgIpc) is 3.76. The van der Waals surface area contributed by atoms with Crippen LogP contribution in [0.3, 0.4) is 0 Å². The zero-order valence-corrected chi connectivity index (χ0v) is 28.1. The molecule has 44 heavy (non-hydrogen) atoms. The van der Waals surface area contributed by atoms with E-state index in [1.807, 2.05) is 13.0 Å². The third-order valence-corrected chi connectivity index (χ3v) is 10.1. The van der Waals surface area contributed by atoms with Crippen LogP contribution < -0.4 is 0 Å². The summed E-state index contributed by atoms with van der Waals surface area (Å²) < 4.78 is 17.7. The summed E-state index contributed by atoms with van der Waals surface area (Å²) in [6.45, 7) is 4.14. The zero-order chi connectivity index (χ0) is 31.6. The van der Waals surface area contributed by atoms with E-state index in [0.717, 1.165) is 95.5 Å². The molecule has 0 aromatic rings. The van der Waals surface area contributed by atoms with Crippen LogP contribution in [0.1, 0.15) is 168 Å². The lowest BCUT2D eigenvalue weighted by Crippen LogP contribution is -2.33. The van der Waals surface area contributed by atoms with E-state index in [-0.39, 0.29) is 48.7 Å². The van der Waals surface area contributed by atoms with Crippen molar-refractivity contribution in [1.29, 1.82) is 0 Å². The highest BCUT2D eigenvalue weighted by Gasteiger charge is 2.40. The van der Waals surface area contributed by atoms with Crippen LogP contribution in [-0.2, 0) is 19.0 Å². The molecule has 2 saturated heterocycles. The van der Waals surface area contributed by atoms with Crippen LogP contribution in [0.25, 0.3) is 0 Å². The highest BCUT2D eigenvalue weighted by molar-refractivity contribution is 5.90. The topological polar surface area (TPSA) is 105 Å². The lowest BCUT2D eigenvalue weighted by molar-refractivity contribution is -0.139. The molecule has 0 aromatic heterocycles. The Morgan fingerprint density at radius 2 is 1.11 bits per heavy atom. The van der Waals surface area contributed by atoms with Gasteiger partial charge in [-0.25, -0.2) is 4.79 Å². The van der Waals surface area contributed by atoms with Gasteiger partial charge in [0.1, 0.15) is 6.10 Å². The molecule has 3 heterocycles. The maximum absolute atomic E-state index is 11.7. The molecule has 0 aromatic carbocycles. The average molecular weight is 623 g/mol. The minimum atomic E-state index is -0.476. The predicted octanol–water partition coefficient (Wildman–Crippen LogP) is 7.86. The number of aliphatic hydroxyl groups excluding tert-OH is 3. The van der Waals surface area contributed by atoms with Gasteiger partial charge in [0.25, 0.3) is 0 Å². The number of carbonyl (C=O) groups excluding carboxylic acids is 1. The zero-order valence-electron chi connectivity index (χ0n) is 28.1. The van der Waals surface area contributed by atoms with E-state index < -0.39 is 6.10 Å². The highest BCUT2D eigenvalue weighted by Crippen LogP contribution is 2.34. The summed E-state index contributed by atoms with van der Waals surface area (Å²) in [5.41, 5.74) is 0.794. The lowest BCUT2D eigenvalue weighted by Gasteiger charge is -2.24. The number of esters is 1. The summed E-state index contributed by atoms with van der Waals surface area (Å²) in [5, 5.41) is 31.8. The van der Waals surface area contributed by atoms with E-state index >= 15 is 0 Å². The number of unbranched alkanes of at least 4 members (excludes halogenated alkanes) is 12. The molecule has 0 bridgehead atoms. The van der Waals surface area contributed by atoms with Crippen molar-refractivity contribution in [2.24, 2.45) is 0 Å². The predicted molar refractivity (Wildman–Crippen MR) is 175 cm³/mol. The van der Waals surface area contributed by atoms with Crippen molar-refractivity contribution in [2.45, 2.75) is 217 Å². The van der Waals surface area contributed by atoms with Crippen LogP contribution in [0.4, 0.5) is 0 Å². The number of carbonyl (C=O) groups is 1. The van der Waals surface area contributed by atoms with Gasteiger partial charge in [0, 0.05) is 5.57 Å². The van der Waals surface area contributed by atoms with Gasteiger partial charge in [0.2, 0.25) is 0 Å². The first-order valence-corrected chi connectivity index (χ1v) is 18.6. The quantitative estimate of drug-likeness (QED) is 0.0703. The van der Waals surface area contributed by atoms with Gasteiger partial charge in [-0.05, 0) is 77.2 Å². The largest absolute Gasteiger partial charge is 0.455 e. The van der Waals surface area contributed by atoms with Crippen molar-refractivity contribution in [1.82, 2.24) is 0 Å². The lowest BCUT2D eigenvalue weighted by atomic mass is 9.99. The highest BCUT2D eigenvalue weighted by atomic mass is 16.6. The number of cyclic esters (lactones) is 1. The Bertz CT molecular complexity index is 801. The van der Waals surface area contributed by atoms with Gasteiger partial charge in [0.05, 0.1) is 42.7 Å². The van der Waals surface area contributed by atoms with E-state index in [0.29, 0.717) is 6.42 Å². The van der Waals surface area contributed by atoms with Gasteiger partial charge < -0.3 is 29.5 Å². The van der Waals surface area contributed by atoms with Crippen LogP contribution >= 0.6 is 0 Å². The first-order chi connectivity index (χ1) is 21.4. The fourth-order valence-electron chi connectivity index (χ4n) is 7.27. The van der Waals surface area contributed by atoms with Crippen LogP contribution in [0.5, 0.6) is 0 Å². The van der Waals surface area contributed by atoms with Gasteiger partial charge in [-0.15, -0.1) is 0 Å². The molecule has 3 rings (SSSR count). The molecule has 8 atom stereocenters. The Kier molecular flexibility index (Phi) is 18.5. The Hall–Kier alpha value is -0.990. The normalized spacial score (nSPS) is 27.4. The smallest absolute Gasteiger partial charge is 0.334 e. The minimum absolute atomic E-state index is 0.0185. The standard InChI is InChI=1S/C37H66O7/c1-3-4-5-6-7-8-9-10-11-15-21-31(39)33-23-25-35(43-33)36-26-24-34(44-36)32(40)22-17-16-20-30(38)19-14-12-13-18-29-27-28(2)42-37(29)41/h27-28,30-36,38-40H,3-26H2,1-2H3/t28-,30?,31+,32+,33-,34+,35+,36+/m0/s1. The second-order valence-corrected chi connectivity index (χ2v) is 14.0. The SMILES string of the molecule is CCCCCCCCCCCC[C@@H](O)[C@@H]1CC[C@H]([C@H]2CC[C@H]([C@H](O)CCCCC(O)CCCCCC3=C[C@H](C)OC3=O)O2)O1. The summed E-state index contributed by atoms with van der Waals surface area (Å²) in [7, 11) is 0. The summed E-state index contributed by atoms with van der Waals surface area (Å²) in [5.74, 6) is -0.177. The van der Waals surface area contributed by atoms with Crippen molar-refractivity contribution in [3.63, 3.8) is 0 Å². The van der Waals surface area contributed by atoms with Crippen molar-refractivity contribution < 1.29 is 34.3 Å². The molecule has 3 aliphatic heterocycles. The van der Waals surface area contributed by atoms with E-state index in [1.165, 1.54) is 57.8 Å². The van der Waals surface area contributed by atoms with E-state index in [2.05, 4.69) is 6.92 Å². The summed E-state index contributed by atoms with van der Waals surface area (Å²) in [6, 6.07) is 0. The maximum atomic E-state index is 11.7. The monoisotopic (exact) mass is 622 g/mol. The van der Waals surface area contributed by atoms with Gasteiger partial charge in [0.15, 0.2) is 0 Å². The molecule has 0 saturated carbocycles. The number of hydrogen-bond acceptors (Lipinski definition) is 7. The number of hydrogen-bond donors (Lipinski definition) is 3. The number of ether oxygens (including phenoxy) is 3. The third kappa shape index (κ3) is 14.2. The van der Waals surface area contributed by atoms with E-state index in [4.69, 9.17) is 14.2 Å². The van der Waals surface area contributed by atoms with Gasteiger partial charge in [-0.3, -0.25) is 0 Å². The first-order valence-electron chi connectivity index (χ1n) is 18.6. The minimum Gasteiger partial charge on any atom is -0.455 e. The van der Waals surface area contributed by atoms with Crippen molar-refractivity contribution in [2.75, 3.05) is 0 Å². The molecule has 7 heteroatoms. The molecule has 256 valence electrons. The molecule has 0 spiro atoms. The van der Waals surface area contributed by atoms with Crippen molar-refractivity contribution in [3.8, 4) is 0 Å². The van der Waals surface area contributed by atoms with Crippen molar-refractivity contribution in [3.05, 3.63) is 11.6 Å². The fourth-order valence-corrected chi connectivity index (χ4v) is 7.27. The molecule has 0 aliphatic carbocycles. The summed E-state index contributed by atoms with van der Waals surface area (Å²) in [6.07, 6.45) is 25.6. The Labute approximate surface area is 268 Å². The fraction of sp³-hybridized carbons (Fsp3) is 0.919. The van der Waals surface area contributed by atoms with Crippen LogP contribution in [0, 0.1) is 0 Å². The molecule has 2 fully saturated rings. The van der Waals surface area contributed by atoms with Gasteiger partial charge in [-0.1, -0.05) is 96.8 Å². The van der Waals surface area contributed by atoms with E-state index in [9.17, 15) is 20.1 Å². The molecule has 0 amide bonds. The molecule has 3 N–H and O–H groups in total. The molecular weight excluding hydrogens is 556 g/mol. The summed E-state index contributed by atoms with van der Waals surface area (Å²) >= 11 is 0. The molecular formula is C37H66O7. The van der Waals surface area contributed by atoms with Gasteiger partial charge in [-0.2, -0.15) is 0 Å². The second kappa shape index (κ2) is 21.7. The van der Waals surface area contributed by atoms with Gasteiger partial charge >= 0.3 is 5.97 Å². The van der Waals surface area contributed by atoms with Crippen LogP contribution in [-0.4, -0.2) is 70.1 Å². The Morgan fingerprint density at radius 1 is 0.659 bits per heavy atom. The first kappa shape index (κ1) is 37.5. The van der Waals surface area contributed by atoms with Crippen molar-refractivity contribution >= 4 is 5.97 Å². The van der Waals surface area contributed by atoms with Crippen LogP contribution in [0.15, 0.2) is 11.6 Å². The molecule has 1 unspecified atom stereocenters. The maximum Gasteiger partial charge on any atom is 0.334 e. The molecule has 0 radical (unpaired) electrons. The number of aliphatic hydroxyl groups is 3. The summed E-state index contributed by atoms with van der Waals surface area (Å²) in [4.78, 5) is 11.7. The van der Waals surface area contributed by atoms with E-state index in [1.54, 1.807) is 0 Å². The second-order valence-electron chi connectivity index (χ2n) is 14.0. The Morgan fingerprint density at radius 3 is 1.64 bits per heavy atom. The number of rotatable bonds is 25. The van der Waals surface area contributed by atoms with Crippen LogP contribution in [0.2, 0.25) is 0 Å².